The molecule has 26 heavy (non-hydrogen) atoms. The molecule has 1 saturated heterocycles. The fourth-order valence-corrected chi connectivity index (χ4v) is 3.65. The highest BCUT2D eigenvalue weighted by molar-refractivity contribution is 6.01. The summed E-state index contributed by atoms with van der Waals surface area (Å²) in [5.41, 5.74) is 2.15. The summed E-state index contributed by atoms with van der Waals surface area (Å²) in [5, 5.41) is 7.16. The van der Waals surface area contributed by atoms with E-state index in [0.29, 0.717) is 31.1 Å². The van der Waals surface area contributed by atoms with Crippen LogP contribution in [0.1, 0.15) is 47.5 Å². The average molecular weight is 358 g/mol. The zero-order valence-corrected chi connectivity index (χ0v) is 15.1. The van der Waals surface area contributed by atoms with E-state index in [1.54, 1.807) is 15.9 Å². The lowest BCUT2D eigenvalue weighted by Gasteiger charge is -2.33. The first-order chi connectivity index (χ1) is 12.4. The predicted molar refractivity (Wildman–Crippen MR) is 93.0 cm³/mol. The summed E-state index contributed by atoms with van der Waals surface area (Å²) in [5.74, 6) is 0.900. The number of H-pyrrole nitrogens is 1. The van der Waals surface area contributed by atoms with Crippen molar-refractivity contribution < 1.29 is 18.7 Å². The van der Waals surface area contributed by atoms with Gasteiger partial charge in [0, 0.05) is 31.1 Å². The van der Waals surface area contributed by atoms with Crippen molar-refractivity contribution >= 4 is 17.7 Å². The number of hydrogen-bond donors (Lipinski definition) is 1. The van der Waals surface area contributed by atoms with Crippen molar-refractivity contribution in [2.45, 2.75) is 39.4 Å². The van der Waals surface area contributed by atoms with Crippen LogP contribution in [-0.4, -0.2) is 52.6 Å². The van der Waals surface area contributed by atoms with Gasteiger partial charge in [0.2, 0.25) is 11.8 Å². The minimum Gasteiger partial charge on any atom is -0.445 e. The molecule has 138 valence electrons. The minimum absolute atomic E-state index is 0.0157. The largest absolute Gasteiger partial charge is 0.445 e. The number of amides is 2. The second-order valence-corrected chi connectivity index (χ2v) is 6.91. The molecule has 2 aliphatic heterocycles. The molecule has 0 bridgehead atoms. The zero-order valence-electron chi connectivity index (χ0n) is 15.1. The molecule has 8 nitrogen and oxygen atoms in total. The Kier molecular flexibility index (Phi) is 4.07. The Hall–Kier alpha value is -2.61. The number of carbonyl (C=O) groups is 2. The van der Waals surface area contributed by atoms with Crippen LogP contribution in [0.25, 0.3) is 0 Å². The molecule has 2 aromatic rings. The molecule has 1 N–H and O–H groups in total. The van der Waals surface area contributed by atoms with Gasteiger partial charge in [-0.1, -0.05) is 0 Å². The molecule has 0 radical (unpaired) electrons. The zero-order chi connectivity index (χ0) is 18.4. The van der Waals surface area contributed by atoms with Gasteiger partial charge in [-0.05, 0) is 26.8 Å². The van der Waals surface area contributed by atoms with Crippen molar-refractivity contribution in [3.05, 3.63) is 34.8 Å². The molecular formula is C18H22N4O4. The Bertz CT molecular complexity index is 855. The van der Waals surface area contributed by atoms with Gasteiger partial charge in [0.15, 0.2) is 5.69 Å². The number of furan rings is 1. The van der Waals surface area contributed by atoms with Crippen LogP contribution in [0.3, 0.4) is 0 Å². The first-order valence-corrected chi connectivity index (χ1v) is 8.82. The van der Waals surface area contributed by atoms with Gasteiger partial charge in [-0.2, -0.15) is 5.10 Å². The maximum Gasteiger partial charge on any atom is 0.275 e. The van der Waals surface area contributed by atoms with Gasteiger partial charge in [-0.3, -0.25) is 19.6 Å². The van der Waals surface area contributed by atoms with Crippen LogP contribution in [0.4, 0.5) is 5.88 Å². The Balaban J connectivity index is 1.51. The van der Waals surface area contributed by atoms with Crippen LogP contribution < -0.4 is 4.90 Å². The molecule has 2 amide bonds. The smallest absolute Gasteiger partial charge is 0.275 e. The van der Waals surface area contributed by atoms with E-state index < -0.39 is 0 Å². The molecule has 0 spiro atoms. The molecule has 2 aromatic heterocycles. The first-order valence-electron chi connectivity index (χ1n) is 8.82. The Morgan fingerprint density at radius 3 is 2.81 bits per heavy atom. The molecule has 4 heterocycles. The minimum atomic E-state index is -0.215. The highest BCUT2D eigenvalue weighted by Crippen LogP contribution is 2.31. The maximum absolute atomic E-state index is 12.9. The number of hydrogen-bond acceptors (Lipinski definition) is 5. The van der Waals surface area contributed by atoms with Crippen molar-refractivity contribution in [3.63, 3.8) is 0 Å². The molecule has 8 heteroatoms. The molecule has 0 unspecified atom stereocenters. The third-order valence-electron chi connectivity index (χ3n) is 4.94. The number of ether oxygens (including phenoxy) is 1. The fourth-order valence-electron chi connectivity index (χ4n) is 3.65. The number of anilines is 1. The lowest BCUT2D eigenvalue weighted by Crippen LogP contribution is -2.52. The van der Waals surface area contributed by atoms with E-state index in [1.807, 2.05) is 26.8 Å². The van der Waals surface area contributed by atoms with Crippen molar-refractivity contribution in [2.24, 2.45) is 0 Å². The molecule has 1 fully saturated rings. The molecule has 0 saturated carbocycles. The van der Waals surface area contributed by atoms with Crippen molar-refractivity contribution in [1.29, 1.82) is 0 Å². The van der Waals surface area contributed by atoms with E-state index in [9.17, 15) is 9.59 Å². The van der Waals surface area contributed by atoms with Crippen molar-refractivity contribution in [1.82, 2.24) is 15.1 Å². The normalized spacial score (nSPS) is 23.3. The second-order valence-electron chi connectivity index (χ2n) is 6.91. The summed E-state index contributed by atoms with van der Waals surface area (Å²) in [6.45, 7) is 6.61. The quantitative estimate of drug-likeness (QED) is 0.884. The lowest BCUT2D eigenvalue weighted by molar-refractivity contribution is -0.120. The Labute approximate surface area is 151 Å². The molecular weight excluding hydrogens is 336 g/mol. The Morgan fingerprint density at radius 2 is 2.12 bits per heavy atom. The number of aromatic amines is 1. The SMILES string of the molecule is Cc1ccc(N2CCN(C(=O)c3n[nH]c4c3C[C@@H](C)O[C@H]4C)CC2=O)o1. The van der Waals surface area contributed by atoms with Crippen LogP contribution in [0.15, 0.2) is 16.5 Å². The van der Waals surface area contributed by atoms with Gasteiger partial charge < -0.3 is 14.1 Å². The monoisotopic (exact) mass is 358 g/mol. The van der Waals surface area contributed by atoms with Gasteiger partial charge >= 0.3 is 0 Å². The standard InChI is InChI=1S/C18H22N4O4/c1-10-4-5-15(26-10)22-7-6-21(9-14(22)23)18(24)17-13-8-11(2)25-12(3)16(13)19-20-17/h4-5,11-12H,6-9H2,1-3H3,(H,19,20)/t11-,12+/m1/s1. The number of piperazine rings is 1. The van der Waals surface area contributed by atoms with Crippen molar-refractivity contribution in [2.75, 3.05) is 24.5 Å². The number of nitrogens with one attached hydrogen (secondary N) is 1. The van der Waals surface area contributed by atoms with E-state index in [2.05, 4.69) is 10.2 Å². The van der Waals surface area contributed by atoms with E-state index >= 15 is 0 Å². The van der Waals surface area contributed by atoms with Crippen molar-refractivity contribution in [3.8, 4) is 0 Å². The van der Waals surface area contributed by atoms with Crippen LogP contribution >= 0.6 is 0 Å². The molecule has 4 rings (SSSR count). The number of fused-ring (bicyclic) bond motifs is 1. The first kappa shape index (κ1) is 16.8. The number of aromatic nitrogens is 2. The second kappa shape index (κ2) is 6.28. The molecule has 0 aliphatic carbocycles. The maximum atomic E-state index is 12.9. The van der Waals surface area contributed by atoms with Gasteiger partial charge in [-0.25, -0.2) is 0 Å². The highest BCUT2D eigenvalue weighted by atomic mass is 16.5. The summed E-state index contributed by atoms with van der Waals surface area (Å²) in [4.78, 5) is 28.6. The number of rotatable bonds is 2. The van der Waals surface area contributed by atoms with E-state index in [1.165, 1.54) is 0 Å². The fraction of sp³-hybridized carbons (Fsp3) is 0.500. The van der Waals surface area contributed by atoms with Gasteiger partial charge in [0.25, 0.3) is 5.91 Å². The van der Waals surface area contributed by atoms with E-state index in [-0.39, 0.29) is 30.6 Å². The topological polar surface area (TPSA) is 91.7 Å². The summed E-state index contributed by atoms with van der Waals surface area (Å²) >= 11 is 0. The summed E-state index contributed by atoms with van der Waals surface area (Å²) in [6.07, 6.45) is 0.544. The summed E-state index contributed by atoms with van der Waals surface area (Å²) < 4.78 is 11.3. The van der Waals surface area contributed by atoms with Gasteiger partial charge in [0.05, 0.1) is 17.9 Å². The van der Waals surface area contributed by atoms with Crippen LogP contribution in [-0.2, 0) is 16.0 Å². The third-order valence-corrected chi connectivity index (χ3v) is 4.94. The summed E-state index contributed by atoms with van der Waals surface area (Å²) in [6, 6.07) is 3.60. The predicted octanol–water partition coefficient (Wildman–Crippen LogP) is 1.82. The number of carbonyl (C=O) groups excluding carboxylic acids is 2. The Morgan fingerprint density at radius 1 is 1.31 bits per heavy atom. The summed E-state index contributed by atoms with van der Waals surface area (Å²) in [7, 11) is 0. The number of aryl methyl sites for hydroxylation is 1. The van der Waals surface area contributed by atoms with E-state index in [0.717, 1.165) is 17.0 Å². The third kappa shape index (κ3) is 2.80. The molecule has 2 aliphatic rings. The van der Waals surface area contributed by atoms with Crippen LogP contribution in [0, 0.1) is 6.92 Å². The van der Waals surface area contributed by atoms with E-state index in [4.69, 9.17) is 9.15 Å². The van der Waals surface area contributed by atoms with Gasteiger partial charge in [0.1, 0.15) is 12.3 Å². The van der Waals surface area contributed by atoms with Gasteiger partial charge in [-0.15, -0.1) is 0 Å². The van der Waals surface area contributed by atoms with Crippen LogP contribution in [0.2, 0.25) is 0 Å². The lowest BCUT2D eigenvalue weighted by atomic mass is 9.99. The highest BCUT2D eigenvalue weighted by Gasteiger charge is 2.35. The molecule has 2 atom stereocenters. The molecule has 0 aromatic carbocycles. The average Bonchev–Trinajstić information content (AvgIpc) is 3.20. The number of nitrogens with zero attached hydrogens (tertiary/aromatic N) is 3. The van der Waals surface area contributed by atoms with Crippen LogP contribution in [0.5, 0.6) is 0 Å².